The van der Waals surface area contributed by atoms with Crippen LogP contribution in [0.15, 0.2) is 42.5 Å². The molecule has 3 nitrogen and oxygen atoms in total. The van der Waals surface area contributed by atoms with Gasteiger partial charge in [0, 0.05) is 11.4 Å². The highest BCUT2D eigenvalue weighted by Gasteiger charge is 2.12. The van der Waals surface area contributed by atoms with Crippen molar-refractivity contribution < 1.29 is 4.79 Å². The Hall–Kier alpha value is -2.00. The topological polar surface area (TPSA) is 55.1 Å². The Labute approximate surface area is 119 Å². The van der Waals surface area contributed by atoms with Gasteiger partial charge in [-0.05, 0) is 37.6 Å². The molecule has 0 heterocycles. The van der Waals surface area contributed by atoms with E-state index in [1.807, 2.05) is 50.2 Å². The number of halogens is 1. The molecule has 0 spiro atoms. The maximum absolute atomic E-state index is 12.1. The number of amides is 1. The summed E-state index contributed by atoms with van der Waals surface area (Å²) < 4.78 is 0. The molecule has 0 aromatic heterocycles. The van der Waals surface area contributed by atoms with Crippen LogP contribution in [0.5, 0.6) is 0 Å². The zero-order valence-electron chi connectivity index (χ0n) is 10.9. The summed E-state index contributed by atoms with van der Waals surface area (Å²) in [6.07, 6.45) is 0. The first-order valence-electron chi connectivity index (χ1n) is 5.81. The molecule has 2 rings (SSSR count). The van der Waals surface area contributed by atoms with Gasteiger partial charge in [-0.15, -0.1) is 12.4 Å². The monoisotopic (exact) mass is 276 g/mol. The quantitative estimate of drug-likeness (QED) is 0.824. The Morgan fingerprint density at radius 3 is 2.26 bits per heavy atom. The van der Waals surface area contributed by atoms with Crippen LogP contribution in [-0.4, -0.2) is 5.91 Å². The largest absolute Gasteiger partial charge is 0.398 e. The first-order chi connectivity index (χ1) is 8.58. The summed E-state index contributed by atoms with van der Waals surface area (Å²) in [7, 11) is 0. The number of hydrogen-bond acceptors (Lipinski definition) is 2. The molecule has 4 heteroatoms. The molecule has 0 bridgehead atoms. The highest BCUT2D eigenvalue weighted by Crippen LogP contribution is 2.18. The lowest BCUT2D eigenvalue weighted by atomic mass is 10.1. The van der Waals surface area contributed by atoms with Gasteiger partial charge < -0.3 is 11.1 Å². The molecule has 2 aromatic carbocycles. The van der Waals surface area contributed by atoms with Crippen molar-refractivity contribution in [1.82, 2.24) is 0 Å². The van der Waals surface area contributed by atoms with Gasteiger partial charge in [0.2, 0.25) is 0 Å². The first-order valence-corrected chi connectivity index (χ1v) is 5.81. The van der Waals surface area contributed by atoms with E-state index in [-0.39, 0.29) is 18.3 Å². The van der Waals surface area contributed by atoms with Crippen molar-refractivity contribution in [2.75, 3.05) is 11.1 Å². The summed E-state index contributed by atoms with van der Waals surface area (Å²) in [6.45, 7) is 3.88. The molecule has 100 valence electrons. The van der Waals surface area contributed by atoms with Crippen LogP contribution in [-0.2, 0) is 0 Å². The van der Waals surface area contributed by atoms with Crippen molar-refractivity contribution in [2.24, 2.45) is 0 Å². The van der Waals surface area contributed by atoms with Crippen LogP contribution in [0.4, 0.5) is 11.4 Å². The molecular weight excluding hydrogens is 260 g/mol. The minimum atomic E-state index is -0.172. The van der Waals surface area contributed by atoms with Crippen LogP contribution in [0.3, 0.4) is 0 Å². The minimum Gasteiger partial charge on any atom is -0.398 e. The molecule has 0 aliphatic rings. The summed E-state index contributed by atoms with van der Waals surface area (Å²) in [6, 6.07) is 13.1. The van der Waals surface area contributed by atoms with Crippen LogP contribution >= 0.6 is 12.4 Å². The van der Waals surface area contributed by atoms with Gasteiger partial charge in [0.1, 0.15) is 0 Å². The number of carbonyl (C=O) groups is 1. The predicted molar refractivity (Wildman–Crippen MR) is 82.0 cm³/mol. The lowest BCUT2D eigenvalue weighted by Crippen LogP contribution is -2.15. The Balaban J connectivity index is 0.00000180. The van der Waals surface area contributed by atoms with E-state index < -0.39 is 0 Å². The van der Waals surface area contributed by atoms with Crippen molar-refractivity contribution in [3.05, 3.63) is 59.2 Å². The average Bonchev–Trinajstić information content (AvgIpc) is 2.32. The van der Waals surface area contributed by atoms with Gasteiger partial charge in [-0.2, -0.15) is 0 Å². The molecule has 0 saturated carbocycles. The number of hydrogen-bond donors (Lipinski definition) is 2. The van der Waals surface area contributed by atoms with Gasteiger partial charge >= 0.3 is 0 Å². The Morgan fingerprint density at radius 2 is 1.68 bits per heavy atom. The number of nitrogens with one attached hydrogen (secondary N) is 1. The number of carbonyl (C=O) groups excluding carboxylic acids is 1. The van der Waals surface area contributed by atoms with Crippen LogP contribution < -0.4 is 11.1 Å². The van der Waals surface area contributed by atoms with E-state index in [4.69, 9.17) is 5.73 Å². The lowest BCUT2D eigenvalue weighted by molar-refractivity contribution is 0.102. The Kier molecular flexibility index (Phi) is 4.95. The molecule has 0 fully saturated rings. The molecule has 1 amide bonds. The first kappa shape index (κ1) is 15.1. The van der Waals surface area contributed by atoms with Crippen molar-refractivity contribution in [3.8, 4) is 0 Å². The minimum absolute atomic E-state index is 0. The van der Waals surface area contributed by atoms with E-state index in [0.717, 1.165) is 16.8 Å². The van der Waals surface area contributed by atoms with Gasteiger partial charge in [0.25, 0.3) is 5.91 Å². The van der Waals surface area contributed by atoms with Gasteiger partial charge in [-0.1, -0.05) is 29.8 Å². The molecular formula is C15H17ClN2O. The van der Waals surface area contributed by atoms with Crippen molar-refractivity contribution in [2.45, 2.75) is 13.8 Å². The molecule has 0 radical (unpaired) electrons. The van der Waals surface area contributed by atoms with Crippen molar-refractivity contribution >= 4 is 29.7 Å². The molecule has 0 atom stereocenters. The second-order valence-electron chi connectivity index (χ2n) is 4.36. The average molecular weight is 277 g/mol. The van der Waals surface area contributed by atoms with Gasteiger partial charge in [0.05, 0.1) is 5.56 Å². The Morgan fingerprint density at radius 1 is 1.05 bits per heavy atom. The fourth-order valence-electron chi connectivity index (χ4n) is 1.83. The summed E-state index contributed by atoms with van der Waals surface area (Å²) in [5.74, 6) is -0.172. The van der Waals surface area contributed by atoms with E-state index >= 15 is 0 Å². The number of nitrogens with two attached hydrogens (primary N) is 1. The summed E-state index contributed by atoms with van der Waals surface area (Å²) in [4.78, 5) is 12.1. The van der Waals surface area contributed by atoms with E-state index in [9.17, 15) is 4.79 Å². The van der Waals surface area contributed by atoms with Gasteiger partial charge in [0.15, 0.2) is 0 Å². The second kappa shape index (κ2) is 6.25. The third-order valence-corrected chi connectivity index (χ3v) is 2.84. The van der Waals surface area contributed by atoms with E-state index in [1.54, 1.807) is 6.07 Å². The van der Waals surface area contributed by atoms with E-state index in [2.05, 4.69) is 5.32 Å². The van der Waals surface area contributed by atoms with Crippen LogP contribution in [0.25, 0.3) is 0 Å². The standard InChI is InChI=1S/C15H16N2O.ClH/c1-10-6-8-12(9-7-10)17-15(18)14-11(2)4-3-5-13(14)16;/h3-9H,16H2,1-2H3,(H,17,18);1H. The van der Waals surface area contributed by atoms with E-state index in [1.165, 1.54) is 0 Å². The summed E-state index contributed by atoms with van der Waals surface area (Å²) in [5, 5.41) is 2.85. The normalized spacial score (nSPS) is 9.58. The van der Waals surface area contributed by atoms with Gasteiger partial charge in [-0.3, -0.25) is 4.79 Å². The van der Waals surface area contributed by atoms with Crippen LogP contribution in [0.2, 0.25) is 0 Å². The fourth-order valence-corrected chi connectivity index (χ4v) is 1.83. The number of benzene rings is 2. The molecule has 0 saturated heterocycles. The molecule has 0 aliphatic carbocycles. The number of rotatable bonds is 2. The zero-order valence-corrected chi connectivity index (χ0v) is 11.8. The fraction of sp³-hybridized carbons (Fsp3) is 0.133. The molecule has 0 unspecified atom stereocenters. The van der Waals surface area contributed by atoms with Crippen molar-refractivity contribution in [1.29, 1.82) is 0 Å². The number of nitrogen functional groups attached to an aromatic ring is 1. The number of aryl methyl sites for hydroxylation is 2. The zero-order chi connectivity index (χ0) is 13.1. The van der Waals surface area contributed by atoms with Crippen LogP contribution in [0.1, 0.15) is 21.5 Å². The third kappa shape index (κ3) is 3.48. The molecule has 19 heavy (non-hydrogen) atoms. The molecule has 0 aliphatic heterocycles. The third-order valence-electron chi connectivity index (χ3n) is 2.84. The Bertz CT molecular complexity index is 559. The predicted octanol–water partition coefficient (Wildman–Crippen LogP) is 3.56. The van der Waals surface area contributed by atoms with Crippen molar-refractivity contribution in [3.63, 3.8) is 0 Å². The highest BCUT2D eigenvalue weighted by atomic mass is 35.5. The summed E-state index contributed by atoms with van der Waals surface area (Å²) >= 11 is 0. The highest BCUT2D eigenvalue weighted by molar-refractivity contribution is 6.08. The second-order valence-corrected chi connectivity index (χ2v) is 4.36. The SMILES string of the molecule is Cc1ccc(NC(=O)c2c(C)cccc2N)cc1.Cl. The maximum Gasteiger partial charge on any atom is 0.258 e. The maximum atomic E-state index is 12.1. The number of anilines is 2. The lowest BCUT2D eigenvalue weighted by Gasteiger charge is -2.10. The van der Waals surface area contributed by atoms with Gasteiger partial charge in [-0.25, -0.2) is 0 Å². The molecule has 2 aromatic rings. The molecule has 3 N–H and O–H groups in total. The smallest absolute Gasteiger partial charge is 0.258 e. The van der Waals surface area contributed by atoms with E-state index in [0.29, 0.717) is 11.3 Å². The summed E-state index contributed by atoms with van der Waals surface area (Å²) in [5.41, 5.74) is 9.68. The van der Waals surface area contributed by atoms with Crippen LogP contribution in [0, 0.1) is 13.8 Å².